The fourth-order valence-electron chi connectivity index (χ4n) is 4.45. The number of nitrogens with zero attached hydrogens (tertiary/aromatic N) is 1. The minimum Gasteiger partial charge on any atom is -0.508 e. The predicted octanol–water partition coefficient (Wildman–Crippen LogP) is 5.01. The van der Waals surface area contributed by atoms with E-state index in [2.05, 4.69) is 32.0 Å². The Kier molecular flexibility index (Phi) is 4.75. The number of aromatic hydroxyl groups is 1. The highest BCUT2D eigenvalue weighted by atomic mass is 16.5. The fourth-order valence-corrected chi connectivity index (χ4v) is 4.45. The van der Waals surface area contributed by atoms with Gasteiger partial charge >= 0.3 is 0 Å². The Balaban J connectivity index is 1.96. The third kappa shape index (κ3) is 3.11. The minimum absolute atomic E-state index is 0.160. The second-order valence-electron chi connectivity index (χ2n) is 7.81. The zero-order valence-corrected chi connectivity index (χ0v) is 15.0. The van der Waals surface area contributed by atoms with Crippen LogP contribution < -0.4 is 4.74 Å². The number of benzene rings is 1. The molecule has 1 heterocycles. The van der Waals surface area contributed by atoms with Crippen molar-refractivity contribution in [2.45, 2.75) is 77.2 Å². The van der Waals surface area contributed by atoms with E-state index >= 15 is 0 Å². The maximum absolute atomic E-state index is 10.7. The molecule has 0 radical (unpaired) electrons. The van der Waals surface area contributed by atoms with Crippen LogP contribution in [0.25, 0.3) is 0 Å². The highest BCUT2D eigenvalue weighted by Crippen LogP contribution is 2.53. The van der Waals surface area contributed by atoms with Gasteiger partial charge in [-0.2, -0.15) is 0 Å². The molecule has 3 rings (SSSR count). The van der Waals surface area contributed by atoms with Crippen molar-refractivity contribution in [2.24, 2.45) is 11.1 Å². The molecule has 0 amide bonds. The molecule has 2 N–H and O–H groups in total. The van der Waals surface area contributed by atoms with E-state index in [1.54, 1.807) is 0 Å². The predicted molar refractivity (Wildman–Crippen MR) is 95.3 cm³/mol. The Morgan fingerprint density at radius 2 is 2.08 bits per heavy atom. The quantitative estimate of drug-likeness (QED) is 0.463. The summed E-state index contributed by atoms with van der Waals surface area (Å²) in [6.45, 7) is 6.46. The van der Waals surface area contributed by atoms with Crippen LogP contribution in [0, 0.1) is 5.92 Å². The van der Waals surface area contributed by atoms with Gasteiger partial charge in [-0.1, -0.05) is 24.9 Å². The minimum atomic E-state index is -0.271. The SMILES string of the molecule is CCCCCc1cc(O)c2c(c1)OC(C)(C)[C@@H]1CC/C(=N/O)C[C@@H]21. The van der Waals surface area contributed by atoms with Gasteiger partial charge in [-0.15, -0.1) is 0 Å². The van der Waals surface area contributed by atoms with Gasteiger partial charge in [0.15, 0.2) is 0 Å². The van der Waals surface area contributed by atoms with Crippen LogP contribution in [-0.4, -0.2) is 21.6 Å². The number of phenolic OH excluding ortho intramolecular Hbond substituents is 1. The smallest absolute Gasteiger partial charge is 0.127 e. The number of hydrogen-bond donors (Lipinski definition) is 2. The summed E-state index contributed by atoms with van der Waals surface area (Å²) in [7, 11) is 0. The lowest BCUT2D eigenvalue weighted by Crippen LogP contribution is -2.47. The van der Waals surface area contributed by atoms with Crippen LogP contribution in [0.4, 0.5) is 0 Å². The molecule has 2 atom stereocenters. The summed E-state index contributed by atoms with van der Waals surface area (Å²) in [6, 6.07) is 4.00. The highest BCUT2D eigenvalue weighted by Gasteiger charge is 2.47. The van der Waals surface area contributed by atoms with Gasteiger partial charge in [0, 0.05) is 17.4 Å². The lowest BCUT2D eigenvalue weighted by Gasteiger charge is -2.47. The van der Waals surface area contributed by atoms with E-state index in [-0.39, 0.29) is 11.5 Å². The van der Waals surface area contributed by atoms with Crippen LogP contribution >= 0.6 is 0 Å². The molecule has 1 aromatic carbocycles. The van der Waals surface area contributed by atoms with E-state index in [0.29, 0.717) is 18.1 Å². The van der Waals surface area contributed by atoms with E-state index in [4.69, 9.17) is 4.74 Å². The molecule has 1 aliphatic carbocycles. The average Bonchev–Trinajstić information content (AvgIpc) is 2.53. The van der Waals surface area contributed by atoms with Crippen LogP contribution in [0.15, 0.2) is 17.3 Å². The van der Waals surface area contributed by atoms with Crippen molar-refractivity contribution in [3.05, 3.63) is 23.3 Å². The van der Waals surface area contributed by atoms with Gasteiger partial charge in [-0.25, -0.2) is 0 Å². The topological polar surface area (TPSA) is 62.0 Å². The van der Waals surface area contributed by atoms with Crippen molar-refractivity contribution >= 4 is 5.71 Å². The zero-order chi connectivity index (χ0) is 17.3. The van der Waals surface area contributed by atoms with Gasteiger partial charge in [-0.3, -0.25) is 0 Å². The molecule has 132 valence electrons. The number of oxime groups is 1. The van der Waals surface area contributed by atoms with E-state index in [0.717, 1.165) is 48.3 Å². The van der Waals surface area contributed by atoms with Crippen LogP contribution in [0.1, 0.15) is 76.3 Å². The Morgan fingerprint density at radius 3 is 2.79 bits per heavy atom. The Morgan fingerprint density at radius 1 is 1.29 bits per heavy atom. The van der Waals surface area contributed by atoms with Crippen molar-refractivity contribution in [3.63, 3.8) is 0 Å². The third-order valence-corrected chi connectivity index (χ3v) is 5.71. The molecule has 2 aliphatic rings. The third-order valence-electron chi connectivity index (χ3n) is 5.71. The Bertz CT molecular complexity index is 636. The summed E-state index contributed by atoms with van der Waals surface area (Å²) in [6.07, 6.45) is 6.91. The number of hydrogen-bond acceptors (Lipinski definition) is 4. The normalized spacial score (nSPS) is 26.5. The van der Waals surface area contributed by atoms with Crippen molar-refractivity contribution in [1.29, 1.82) is 0 Å². The summed E-state index contributed by atoms with van der Waals surface area (Å²) in [5.41, 5.74) is 2.60. The molecule has 1 saturated carbocycles. The largest absolute Gasteiger partial charge is 0.508 e. The Hall–Kier alpha value is -1.71. The van der Waals surface area contributed by atoms with E-state index in [1.807, 2.05) is 6.07 Å². The van der Waals surface area contributed by atoms with Crippen LogP contribution in [-0.2, 0) is 6.42 Å². The van der Waals surface area contributed by atoms with Gasteiger partial charge < -0.3 is 15.1 Å². The number of phenols is 1. The molecule has 1 aromatic rings. The molecule has 24 heavy (non-hydrogen) atoms. The van der Waals surface area contributed by atoms with Gasteiger partial charge in [0.1, 0.15) is 17.1 Å². The number of ether oxygens (including phenoxy) is 1. The number of fused-ring (bicyclic) bond motifs is 3. The molecule has 4 nitrogen and oxygen atoms in total. The monoisotopic (exact) mass is 331 g/mol. The maximum Gasteiger partial charge on any atom is 0.127 e. The summed E-state index contributed by atoms with van der Waals surface area (Å²) in [4.78, 5) is 0. The van der Waals surface area contributed by atoms with Gasteiger partial charge in [0.25, 0.3) is 0 Å². The zero-order valence-electron chi connectivity index (χ0n) is 15.0. The van der Waals surface area contributed by atoms with E-state index in [1.165, 1.54) is 12.8 Å². The lowest BCUT2D eigenvalue weighted by molar-refractivity contribution is 0.00295. The van der Waals surface area contributed by atoms with Crippen molar-refractivity contribution in [3.8, 4) is 11.5 Å². The summed E-state index contributed by atoms with van der Waals surface area (Å²) >= 11 is 0. The lowest BCUT2D eigenvalue weighted by atomic mass is 9.66. The molecule has 0 aromatic heterocycles. The first-order valence-corrected chi connectivity index (χ1v) is 9.21. The average molecular weight is 331 g/mol. The Labute approximate surface area is 144 Å². The number of rotatable bonds is 4. The van der Waals surface area contributed by atoms with Crippen molar-refractivity contribution in [2.75, 3.05) is 0 Å². The highest BCUT2D eigenvalue weighted by molar-refractivity contribution is 5.86. The fraction of sp³-hybridized carbons (Fsp3) is 0.650. The molecule has 0 unspecified atom stereocenters. The van der Waals surface area contributed by atoms with Gasteiger partial charge in [0.2, 0.25) is 0 Å². The molecule has 1 fully saturated rings. The summed E-state index contributed by atoms with van der Waals surface area (Å²) < 4.78 is 6.32. The molecule has 0 bridgehead atoms. The van der Waals surface area contributed by atoms with Crippen LogP contribution in [0.5, 0.6) is 11.5 Å². The first-order chi connectivity index (χ1) is 11.5. The molecule has 0 saturated heterocycles. The summed E-state index contributed by atoms with van der Waals surface area (Å²) in [5.74, 6) is 1.64. The first kappa shape index (κ1) is 17.1. The van der Waals surface area contributed by atoms with E-state index < -0.39 is 0 Å². The standard InChI is InChI=1S/C20H29NO3/c1-4-5-6-7-13-10-17(22)19-15-12-14(21-23)8-9-16(15)20(2,3)24-18(19)11-13/h10-11,15-16,22-23H,4-9,12H2,1-3H3/b21-14-/t15-,16-/m1/s1. The second kappa shape index (κ2) is 6.66. The van der Waals surface area contributed by atoms with E-state index in [9.17, 15) is 10.3 Å². The second-order valence-corrected chi connectivity index (χ2v) is 7.81. The molecular weight excluding hydrogens is 302 g/mol. The molecule has 4 heteroatoms. The number of unbranched alkanes of at least 4 members (excludes halogenated alkanes) is 2. The molecule has 1 aliphatic heterocycles. The first-order valence-electron chi connectivity index (χ1n) is 9.21. The van der Waals surface area contributed by atoms with Crippen molar-refractivity contribution in [1.82, 2.24) is 0 Å². The van der Waals surface area contributed by atoms with Crippen LogP contribution in [0.2, 0.25) is 0 Å². The summed E-state index contributed by atoms with van der Waals surface area (Å²) in [5, 5.41) is 23.3. The van der Waals surface area contributed by atoms with Crippen LogP contribution in [0.3, 0.4) is 0 Å². The molecular formula is C20H29NO3. The van der Waals surface area contributed by atoms with Gasteiger partial charge in [-0.05, 0) is 63.6 Å². The number of aryl methyl sites for hydroxylation is 1. The molecule has 0 spiro atoms. The van der Waals surface area contributed by atoms with Crippen molar-refractivity contribution < 1.29 is 15.1 Å². The maximum atomic E-state index is 10.7. The van der Waals surface area contributed by atoms with Gasteiger partial charge in [0.05, 0.1) is 5.71 Å².